The third-order valence-corrected chi connectivity index (χ3v) is 2.25. The number of nitrogens with one attached hydrogen (secondary N) is 1. The second kappa shape index (κ2) is 2.45. The summed E-state index contributed by atoms with van der Waals surface area (Å²) in [5, 5.41) is 0. The zero-order valence-electron chi connectivity index (χ0n) is 6.34. The largest absolute Gasteiger partial charge is 0.326 e. The maximum Gasteiger partial charge on any atom is 0.275 e. The smallest absolute Gasteiger partial charge is 0.275 e. The Balaban J connectivity index is 3.09. The fourth-order valence-electron chi connectivity index (χ4n) is 1.15. The van der Waals surface area contributed by atoms with Gasteiger partial charge in [-0.1, -0.05) is 0 Å². The van der Waals surface area contributed by atoms with Crippen molar-refractivity contribution in [3.63, 3.8) is 0 Å². The zero-order valence-corrected chi connectivity index (χ0v) is 7.92. The zero-order chi connectivity index (χ0) is 8.72. The van der Waals surface area contributed by atoms with Gasteiger partial charge in [-0.25, -0.2) is 4.98 Å². The van der Waals surface area contributed by atoms with Crippen molar-refractivity contribution < 1.29 is 0 Å². The lowest BCUT2D eigenvalue weighted by atomic mass is 10.5. The molecule has 0 aliphatic carbocycles. The van der Waals surface area contributed by atoms with E-state index in [9.17, 15) is 4.79 Å². The number of H-pyrrole nitrogens is 1. The number of nitrogens with zero attached hydrogens (tertiary/aromatic N) is 2. The predicted octanol–water partition coefficient (Wildman–Crippen LogP) is 1.09. The summed E-state index contributed by atoms with van der Waals surface area (Å²) >= 11 is 3.22. The van der Waals surface area contributed by atoms with Crippen molar-refractivity contribution in [1.82, 2.24) is 14.4 Å². The quantitative estimate of drug-likeness (QED) is 0.733. The molecule has 0 aliphatic heterocycles. The van der Waals surface area contributed by atoms with Crippen LogP contribution in [0.2, 0.25) is 0 Å². The van der Waals surface area contributed by atoms with Gasteiger partial charge < -0.3 is 4.98 Å². The number of halogens is 1. The maximum atomic E-state index is 11.3. The normalized spacial score (nSPS) is 10.8. The Labute approximate surface area is 76.4 Å². The van der Waals surface area contributed by atoms with Crippen molar-refractivity contribution in [3.05, 3.63) is 33.2 Å². The van der Waals surface area contributed by atoms with Gasteiger partial charge in [0.1, 0.15) is 15.9 Å². The number of hydrogen-bond donors (Lipinski definition) is 1. The van der Waals surface area contributed by atoms with Crippen LogP contribution in [0, 0.1) is 6.92 Å². The summed E-state index contributed by atoms with van der Waals surface area (Å²) in [4.78, 5) is 18.0. The van der Waals surface area contributed by atoms with E-state index in [1.165, 1.54) is 0 Å². The molecule has 12 heavy (non-hydrogen) atoms. The van der Waals surface area contributed by atoms with Crippen LogP contribution in [-0.2, 0) is 0 Å². The van der Waals surface area contributed by atoms with Gasteiger partial charge in [0.2, 0.25) is 0 Å². The average molecular weight is 228 g/mol. The Morgan fingerprint density at radius 3 is 3.08 bits per heavy atom. The lowest BCUT2D eigenvalue weighted by Gasteiger charge is -1.92. The lowest BCUT2D eigenvalue weighted by molar-refractivity contribution is 1.01. The van der Waals surface area contributed by atoms with Crippen molar-refractivity contribution in [2.75, 3.05) is 0 Å². The molecule has 0 saturated heterocycles. The van der Waals surface area contributed by atoms with E-state index in [0.717, 1.165) is 5.82 Å². The second-order valence-electron chi connectivity index (χ2n) is 2.46. The number of imidazole rings is 1. The van der Waals surface area contributed by atoms with Crippen molar-refractivity contribution in [2.45, 2.75) is 6.92 Å². The number of aryl methyl sites for hydroxylation is 1. The van der Waals surface area contributed by atoms with Gasteiger partial charge in [-0.05, 0) is 22.9 Å². The van der Waals surface area contributed by atoms with Crippen molar-refractivity contribution in [1.29, 1.82) is 0 Å². The van der Waals surface area contributed by atoms with Crippen LogP contribution in [0.5, 0.6) is 0 Å². The average Bonchev–Trinajstić information content (AvgIpc) is 2.29. The molecular weight excluding hydrogens is 222 g/mol. The van der Waals surface area contributed by atoms with Crippen molar-refractivity contribution >= 4 is 21.4 Å². The van der Waals surface area contributed by atoms with Crippen LogP contribution in [-0.4, -0.2) is 14.4 Å². The van der Waals surface area contributed by atoms with E-state index in [4.69, 9.17) is 0 Å². The van der Waals surface area contributed by atoms with Gasteiger partial charge in [0.25, 0.3) is 5.56 Å². The van der Waals surface area contributed by atoms with Crippen LogP contribution < -0.4 is 5.56 Å². The second-order valence-corrected chi connectivity index (χ2v) is 3.21. The first-order valence-corrected chi connectivity index (χ1v) is 4.21. The molecule has 1 N–H and O–H groups in total. The highest BCUT2D eigenvalue weighted by atomic mass is 79.9. The molecule has 0 saturated carbocycles. The van der Waals surface area contributed by atoms with E-state index in [-0.39, 0.29) is 5.56 Å². The first-order valence-electron chi connectivity index (χ1n) is 3.42. The molecule has 2 aromatic heterocycles. The molecule has 0 unspecified atom stereocenters. The Morgan fingerprint density at radius 2 is 2.42 bits per heavy atom. The first kappa shape index (κ1) is 7.54. The first-order chi connectivity index (χ1) is 5.70. The van der Waals surface area contributed by atoms with E-state index in [1.54, 1.807) is 16.8 Å². The van der Waals surface area contributed by atoms with Crippen LogP contribution in [0.3, 0.4) is 0 Å². The fraction of sp³-hybridized carbons (Fsp3) is 0.143. The summed E-state index contributed by atoms with van der Waals surface area (Å²) in [5.41, 5.74) is 0.417. The summed E-state index contributed by atoms with van der Waals surface area (Å²) in [7, 11) is 0. The molecule has 5 heteroatoms. The molecule has 0 aliphatic rings. The summed E-state index contributed by atoms with van der Waals surface area (Å²) in [5.74, 6) is 0.794. The van der Waals surface area contributed by atoms with Gasteiger partial charge in [0.15, 0.2) is 0 Å². The molecule has 0 amide bonds. The molecule has 2 heterocycles. The van der Waals surface area contributed by atoms with Crippen molar-refractivity contribution in [2.24, 2.45) is 0 Å². The number of aromatic nitrogens is 3. The molecule has 0 spiro atoms. The molecule has 0 bridgehead atoms. The van der Waals surface area contributed by atoms with Crippen LogP contribution in [0.4, 0.5) is 0 Å². The van der Waals surface area contributed by atoms with Gasteiger partial charge in [0.05, 0.1) is 0 Å². The van der Waals surface area contributed by atoms with Gasteiger partial charge in [-0.2, -0.15) is 0 Å². The summed E-state index contributed by atoms with van der Waals surface area (Å²) in [6.07, 6.45) is 3.36. The third-order valence-electron chi connectivity index (χ3n) is 1.70. The van der Waals surface area contributed by atoms with E-state index < -0.39 is 0 Å². The Morgan fingerprint density at radius 1 is 1.67 bits per heavy atom. The highest BCUT2D eigenvalue weighted by molar-refractivity contribution is 9.10. The Bertz CT molecular complexity index is 485. The van der Waals surface area contributed by atoms with Crippen molar-refractivity contribution in [3.8, 4) is 0 Å². The van der Waals surface area contributed by atoms with E-state index in [0.29, 0.717) is 10.1 Å². The number of rotatable bonds is 0. The Kier molecular flexibility index (Phi) is 1.54. The molecule has 0 atom stereocenters. The SMILES string of the molecule is Cc1nc(Br)c2c(=O)[nH]ccn12. The van der Waals surface area contributed by atoms with Gasteiger partial charge in [-0.15, -0.1) is 0 Å². The van der Waals surface area contributed by atoms with E-state index in [2.05, 4.69) is 25.9 Å². The van der Waals surface area contributed by atoms with E-state index >= 15 is 0 Å². The molecular formula is C7H6BrN3O. The molecule has 62 valence electrons. The molecule has 2 rings (SSSR count). The maximum absolute atomic E-state index is 11.3. The van der Waals surface area contributed by atoms with Gasteiger partial charge in [-0.3, -0.25) is 9.20 Å². The van der Waals surface area contributed by atoms with Gasteiger partial charge >= 0.3 is 0 Å². The molecule has 2 aromatic rings. The lowest BCUT2D eigenvalue weighted by Crippen LogP contribution is -2.08. The fourth-order valence-corrected chi connectivity index (χ4v) is 1.78. The minimum absolute atomic E-state index is 0.134. The number of fused-ring (bicyclic) bond motifs is 1. The van der Waals surface area contributed by atoms with Crippen LogP contribution in [0.25, 0.3) is 5.52 Å². The summed E-state index contributed by atoms with van der Waals surface area (Å²) in [6.45, 7) is 1.84. The number of hydrogen-bond acceptors (Lipinski definition) is 2. The summed E-state index contributed by atoms with van der Waals surface area (Å²) < 4.78 is 2.32. The highest BCUT2D eigenvalue weighted by Crippen LogP contribution is 2.13. The van der Waals surface area contributed by atoms with Crippen LogP contribution in [0.1, 0.15) is 5.82 Å². The monoisotopic (exact) mass is 227 g/mol. The molecule has 0 aromatic carbocycles. The summed E-state index contributed by atoms with van der Waals surface area (Å²) in [6, 6.07) is 0. The standard InChI is InChI=1S/C7H6BrN3O/c1-4-10-6(8)5-7(12)9-2-3-11(4)5/h2-3H,1H3,(H,9,12). The minimum atomic E-state index is -0.134. The van der Waals surface area contributed by atoms with Crippen LogP contribution in [0.15, 0.2) is 21.8 Å². The molecule has 4 nitrogen and oxygen atoms in total. The van der Waals surface area contributed by atoms with Crippen LogP contribution >= 0.6 is 15.9 Å². The molecule has 0 radical (unpaired) electrons. The minimum Gasteiger partial charge on any atom is -0.326 e. The number of aromatic amines is 1. The Hall–Kier alpha value is -1.10. The molecule has 0 fully saturated rings. The van der Waals surface area contributed by atoms with Gasteiger partial charge in [0, 0.05) is 12.4 Å². The van der Waals surface area contributed by atoms with E-state index in [1.807, 2.05) is 6.92 Å². The highest BCUT2D eigenvalue weighted by Gasteiger charge is 2.07. The predicted molar refractivity (Wildman–Crippen MR) is 48.2 cm³/mol. The third kappa shape index (κ3) is 0.896. The topological polar surface area (TPSA) is 50.2 Å².